The molecule has 1 amide bonds. The van der Waals surface area contributed by atoms with E-state index in [0.717, 1.165) is 24.0 Å². The van der Waals surface area contributed by atoms with E-state index in [4.69, 9.17) is 0 Å². The molecule has 1 N–H and O–H groups in total. The number of pyridine rings is 1. The first-order valence-corrected chi connectivity index (χ1v) is 9.46. The molecule has 0 radical (unpaired) electrons. The lowest BCUT2D eigenvalue weighted by atomic mass is 9.89. The van der Waals surface area contributed by atoms with Gasteiger partial charge in [0.1, 0.15) is 6.33 Å². The van der Waals surface area contributed by atoms with Gasteiger partial charge in [-0.05, 0) is 48.6 Å². The van der Waals surface area contributed by atoms with Crippen LogP contribution in [0, 0.1) is 5.92 Å². The first-order chi connectivity index (χ1) is 13.7. The fourth-order valence-corrected chi connectivity index (χ4v) is 3.67. The third-order valence-corrected chi connectivity index (χ3v) is 5.27. The lowest BCUT2D eigenvalue weighted by Gasteiger charge is -2.34. The second-order valence-corrected chi connectivity index (χ2v) is 7.04. The van der Waals surface area contributed by atoms with Crippen LogP contribution in [-0.4, -0.2) is 44.0 Å². The van der Waals surface area contributed by atoms with Gasteiger partial charge < -0.3 is 10.0 Å². The molecule has 1 saturated heterocycles. The van der Waals surface area contributed by atoms with Crippen molar-refractivity contribution in [3.8, 4) is 11.1 Å². The Labute approximate surface area is 163 Å². The van der Waals surface area contributed by atoms with Gasteiger partial charge in [-0.2, -0.15) is 0 Å². The molecule has 3 heterocycles. The number of aliphatic hydroxyl groups excluding tert-OH is 1. The topological polar surface area (TPSA) is 79.2 Å². The highest BCUT2D eigenvalue weighted by molar-refractivity contribution is 5.95. The minimum absolute atomic E-state index is 0.0180. The van der Waals surface area contributed by atoms with E-state index in [2.05, 4.69) is 15.0 Å². The number of benzene rings is 1. The molecule has 1 atom stereocenters. The SMILES string of the molecule is O=C(c1cccc(-c2cncnc2)c1)N1CCC(C(O)c2ccccn2)CC1. The molecule has 1 aliphatic heterocycles. The average molecular weight is 374 g/mol. The zero-order valence-electron chi connectivity index (χ0n) is 15.5. The zero-order chi connectivity index (χ0) is 19.3. The quantitative estimate of drug-likeness (QED) is 0.759. The van der Waals surface area contributed by atoms with E-state index < -0.39 is 6.10 Å². The van der Waals surface area contributed by atoms with Gasteiger partial charge in [-0.25, -0.2) is 9.97 Å². The number of hydrogen-bond acceptors (Lipinski definition) is 5. The van der Waals surface area contributed by atoms with Crippen molar-refractivity contribution in [2.24, 2.45) is 5.92 Å². The van der Waals surface area contributed by atoms with Crippen molar-refractivity contribution in [1.82, 2.24) is 19.9 Å². The van der Waals surface area contributed by atoms with Gasteiger partial charge in [0.15, 0.2) is 0 Å². The van der Waals surface area contributed by atoms with Gasteiger partial charge in [0.25, 0.3) is 5.91 Å². The maximum atomic E-state index is 12.9. The summed E-state index contributed by atoms with van der Waals surface area (Å²) in [4.78, 5) is 27.1. The number of hydrogen-bond donors (Lipinski definition) is 1. The number of aromatic nitrogens is 3. The van der Waals surface area contributed by atoms with Crippen LogP contribution in [0.25, 0.3) is 11.1 Å². The van der Waals surface area contributed by atoms with Crippen LogP contribution in [0.3, 0.4) is 0 Å². The molecule has 4 rings (SSSR count). The molecule has 1 fully saturated rings. The third kappa shape index (κ3) is 3.92. The Morgan fingerprint density at radius 3 is 2.54 bits per heavy atom. The maximum absolute atomic E-state index is 12.9. The van der Waals surface area contributed by atoms with Crippen molar-refractivity contribution in [3.05, 3.63) is 78.6 Å². The molecule has 1 aliphatic rings. The van der Waals surface area contributed by atoms with Crippen LogP contribution in [0.1, 0.15) is 35.0 Å². The first-order valence-electron chi connectivity index (χ1n) is 9.46. The summed E-state index contributed by atoms with van der Waals surface area (Å²) in [6.07, 6.45) is 7.59. The maximum Gasteiger partial charge on any atom is 0.253 e. The summed E-state index contributed by atoms with van der Waals surface area (Å²) in [6, 6.07) is 13.1. The Morgan fingerprint density at radius 2 is 1.82 bits per heavy atom. The summed E-state index contributed by atoms with van der Waals surface area (Å²) in [7, 11) is 0. The Morgan fingerprint density at radius 1 is 1.04 bits per heavy atom. The normalized spacial score (nSPS) is 16.0. The summed E-state index contributed by atoms with van der Waals surface area (Å²) in [5.74, 6) is 0.135. The molecule has 0 saturated carbocycles. The number of rotatable bonds is 4. The molecule has 28 heavy (non-hydrogen) atoms. The predicted molar refractivity (Wildman–Crippen MR) is 105 cm³/mol. The standard InChI is InChI=1S/C22H22N4O2/c27-21(20-6-1-2-9-25-20)16-7-10-26(11-8-16)22(28)18-5-3-4-17(12-18)19-13-23-15-24-14-19/h1-6,9,12-16,21,27H,7-8,10-11H2. The molecule has 0 aliphatic carbocycles. The highest BCUT2D eigenvalue weighted by Gasteiger charge is 2.29. The van der Waals surface area contributed by atoms with Crippen LogP contribution in [0.15, 0.2) is 67.4 Å². The summed E-state index contributed by atoms with van der Waals surface area (Å²) < 4.78 is 0. The van der Waals surface area contributed by atoms with E-state index in [-0.39, 0.29) is 11.8 Å². The van der Waals surface area contributed by atoms with Crippen molar-refractivity contribution in [1.29, 1.82) is 0 Å². The second-order valence-electron chi connectivity index (χ2n) is 7.04. The molecule has 3 aromatic rings. The Balaban J connectivity index is 1.42. The van der Waals surface area contributed by atoms with Crippen LogP contribution >= 0.6 is 0 Å². The van der Waals surface area contributed by atoms with Crippen LogP contribution in [-0.2, 0) is 0 Å². The van der Waals surface area contributed by atoms with Crippen LogP contribution < -0.4 is 0 Å². The zero-order valence-corrected chi connectivity index (χ0v) is 15.5. The smallest absolute Gasteiger partial charge is 0.253 e. The summed E-state index contributed by atoms with van der Waals surface area (Å²) in [5, 5.41) is 10.6. The number of nitrogens with zero attached hydrogens (tertiary/aromatic N) is 4. The fraction of sp³-hybridized carbons (Fsp3) is 0.273. The van der Waals surface area contributed by atoms with E-state index in [1.54, 1.807) is 18.6 Å². The fourth-order valence-electron chi connectivity index (χ4n) is 3.67. The summed E-state index contributed by atoms with van der Waals surface area (Å²) in [6.45, 7) is 1.26. The number of carbonyl (C=O) groups is 1. The molecule has 142 valence electrons. The van der Waals surface area contributed by atoms with Gasteiger partial charge >= 0.3 is 0 Å². The number of aliphatic hydroxyl groups is 1. The molecule has 6 nitrogen and oxygen atoms in total. The molecular formula is C22H22N4O2. The van der Waals surface area contributed by atoms with Crippen molar-refractivity contribution in [2.75, 3.05) is 13.1 Å². The number of piperidine rings is 1. The number of amides is 1. The van der Waals surface area contributed by atoms with E-state index >= 15 is 0 Å². The highest BCUT2D eigenvalue weighted by Crippen LogP contribution is 2.30. The molecule has 1 unspecified atom stereocenters. The molecule has 1 aromatic carbocycles. The van der Waals surface area contributed by atoms with Crippen LogP contribution in [0.5, 0.6) is 0 Å². The van der Waals surface area contributed by atoms with Crippen molar-refractivity contribution in [2.45, 2.75) is 18.9 Å². The Kier molecular flexibility index (Phi) is 5.39. The monoisotopic (exact) mass is 374 g/mol. The molecule has 0 bridgehead atoms. The van der Waals surface area contributed by atoms with E-state index in [1.807, 2.05) is 47.4 Å². The van der Waals surface area contributed by atoms with E-state index in [1.165, 1.54) is 6.33 Å². The van der Waals surface area contributed by atoms with Gasteiger partial charge in [0.05, 0.1) is 11.8 Å². The number of carbonyl (C=O) groups excluding carboxylic acids is 1. The largest absolute Gasteiger partial charge is 0.387 e. The van der Waals surface area contributed by atoms with Crippen molar-refractivity contribution >= 4 is 5.91 Å². The van der Waals surface area contributed by atoms with Gasteiger partial charge in [-0.15, -0.1) is 0 Å². The van der Waals surface area contributed by atoms with Gasteiger partial charge in [-0.3, -0.25) is 9.78 Å². The van der Waals surface area contributed by atoms with Gasteiger partial charge in [0, 0.05) is 42.8 Å². The number of likely N-dealkylation sites (tertiary alicyclic amines) is 1. The molecule has 2 aromatic heterocycles. The summed E-state index contributed by atoms with van der Waals surface area (Å²) >= 11 is 0. The van der Waals surface area contributed by atoms with Crippen LogP contribution in [0.2, 0.25) is 0 Å². The van der Waals surface area contributed by atoms with Crippen molar-refractivity contribution in [3.63, 3.8) is 0 Å². The van der Waals surface area contributed by atoms with E-state index in [9.17, 15) is 9.90 Å². The Hall–Kier alpha value is -3.12. The molecule has 0 spiro atoms. The third-order valence-electron chi connectivity index (χ3n) is 5.27. The lowest BCUT2D eigenvalue weighted by Crippen LogP contribution is -2.39. The molecule has 6 heteroatoms. The van der Waals surface area contributed by atoms with Gasteiger partial charge in [-0.1, -0.05) is 18.2 Å². The van der Waals surface area contributed by atoms with Crippen molar-refractivity contribution < 1.29 is 9.90 Å². The average Bonchev–Trinajstić information content (AvgIpc) is 2.79. The van der Waals surface area contributed by atoms with Gasteiger partial charge in [0.2, 0.25) is 0 Å². The first kappa shape index (κ1) is 18.3. The Bertz CT molecular complexity index is 926. The summed E-state index contributed by atoms with van der Waals surface area (Å²) in [5.41, 5.74) is 3.16. The minimum atomic E-state index is -0.583. The van der Waals surface area contributed by atoms with Crippen LogP contribution in [0.4, 0.5) is 0 Å². The molecular weight excluding hydrogens is 352 g/mol. The minimum Gasteiger partial charge on any atom is -0.387 e. The lowest BCUT2D eigenvalue weighted by molar-refractivity contribution is 0.0447. The van der Waals surface area contributed by atoms with E-state index in [0.29, 0.717) is 24.3 Å². The predicted octanol–water partition coefficient (Wildman–Crippen LogP) is 3.12. The second kappa shape index (κ2) is 8.27. The highest BCUT2D eigenvalue weighted by atomic mass is 16.3.